The van der Waals surface area contributed by atoms with Gasteiger partial charge in [0.25, 0.3) is 0 Å². The fourth-order valence-corrected chi connectivity index (χ4v) is 5.59. The summed E-state index contributed by atoms with van der Waals surface area (Å²) < 4.78 is 41.6. The summed E-state index contributed by atoms with van der Waals surface area (Å²) in [6, 6.07) is 11.4. The lowest BCUT2D eigenvalue weighted by Crippen LogP contribution is -2.57. The Morgan fingerprint density at radius 3 is 2.41 bits per heavy atom. The van der Waals surface area contributed by atoms with Crippen molar-refractivity contribution in [3.8, 4) is 5.75 Å². The normalized spacial score (nSPS) is 23.5. The van der Waals surface area contributed by atoms with Gasteiger partial charge < -0.3 is 15.3 Å². The molecule has 2 fully saturated rings. The van der Waals surface area contributed by atoms with Crippen molar-refractivity contribution in [3.63, 3.8) is 0 Å². The van der Waals surface area contributed by atoms with Gasteiger partial charge in [-0.05, 0) is 61.1 Å². The van der Waals surface area contributed by atoms with E-state index in [1.165, 1.54) is 17.0 Å². The van der Waals surface area contributed by atoms with Gasteiger partial charge >= 0.3 is 0 Å². The second kappa shape index (κ2) is 12.4. The van der Waals surface area contributed by atoms with Crippen LogP contribution in [-0.2, 0) is 22.6 Å². The highest BCUT2D eigenvalue weighted by Gasteiger charge is 2.46. The van der Waals surface area contributed by atoms with Crippen LogP contribution < -0.4 is 10.7 Å². The van der Waals surface area contributed by atoms with E-state index < -0.39 is 17.9 Å². The molecule has 7 nitrogen and oxygen atoms in total. The minimum absolute atomic E-state index is 0.0750. The van der Waals surface area contributed by atoms with Gasteiger partial charge in [0, 0.05) is 57.9 Å². The zero-order valence-electron chi connectivity index (χ0n) is 22.4. The number of hydrogen-bond donors (Lipinski definition) is 3. The Balaban J connectivity index is 1.58. The Morgan fingerprint density at radius 2 is 1.82 bits per heavy atom. The third-order valence-electron chi connectivity index (χ3n) is 8.04. The Morgan fingerprint density at radius 1 is 1.15 bits per heavy atom. The third-order valence-corrected chi connectivity index (χ3v) is 8.04. The molecule has 212 valence electrons. The number of nitrogens with zero attached hydrogens (tertiary/aromatic N) is 2. The minimum Gasteiger partial charge on any atom is -0.508 e. The number of benzene rings is 2. The first-order valence-corrected chi connectivity index (χ1v) is 13.5. The molecule has 1 saturated heterocycles. The standard InChI is InChI=1S/C29H37F3N4O3/c1-19-25(17-34-35(19)2)27(28(39)33-16-21-3-8-23(30)9-4-21)36(18-22-13-14-29(31,32)15-22)26(38)12-7-20-5-10-24(37)11-6-20/h3-6,8-11,19,22,25,27,34,37H,7,12-18H2,1-2H3,(H,33,39). The number of carbonyl (C=O) groups is 2. The summed E-state index contributed by atoms with van der Waals surface area (Å²) in [6.07, 6.45) is 0.242. The van der Waals surface area contributed by atoms with E-state index in [4.69, 9.17) is 0 Å². The summed E-state index contributed by atoms with van der Waals surface area (Å²) in [5, 5.41) is 14.4. The smallest absolute Gasteiger partial charge is 0.248 e. The van der Waals surface area contributed by atoms with Crippen LogP contribution in [-0.4, -0.2) is 65.0 Å². The molecule has 2 aliphatic rings. The number of aromatic hydroxyl groups is 1. The summed E-state index contributed by atoms with van der Waals surface area (Å²) in [5.74, 6) is -4.35. The molecule has 0 spiro atoms. The van der Waals surface area contributed by atoms with Crippen LogP contribution in [0.3, 0.4) is 0 Å². The van der Waals surface area contributed by atoms with Crippen molar-refractivity contribution in [1.29, 1.82) is 0 Å². The number of phenols is 1. The molecule has 39 heavy (non-hydrogen) atoms. The van der Waals surface area contributed by atoms with Crippen molar-refractivity contribution >= 4 is 11.8 Å². The molecule has 1 heterocycles. The summed E-state index contributed by atoms with van der Waals surface area (Å²) in [6.45, 7) is 2.64. The average molecular weight is 547 g/mol. The van der Waals surface area contributed by atoms with Crippen LogP contribution in [0.1, 0.15) is 43.7 Å². The Bertz CT molecular complexity index is 1130. The molecule has 1 saturated carbocycles. The zero-order valence-corrected chi connectivity index (χ0v) is 22.4. The van der Waals surface area contributed by atoms with Crippen LogP contribution in [0.2, 0.25) is 0 Å². The van der Waals surface area contributed by atoms with Crippen molar-refractivity contribution in [2.75, 3.05) is 20.1 Å². The lowest BCUT2D eigenvalue weighted by atomic mass is 9.90. The molecule has 0 radical (unpaired) electrons. The highest BCUT2D eigenvalue weighted by molar-refractivity contribution is 5.88. The van der Waals surface area contributed by atoms with Crippen LogP contribution >= 0.6 is 0 Å². The quantitative estimate of drug-likeness (QED) is 0.422. The first kappa shape index (κ1) is 28.9. The van der Waals surface area contributed by atoms with Crippen LogP contribution in [0, 0.1) is 17.7 Å². The van der Waals surface area contributed by atoms with E-state index in [1.807, 2.05) is 19.0 Å². The number of phenolic OH excluding ortho intramolecular Hbond substituents is 1. The van der Waals surface area contributed by atoms with Crippen molar-refractivity contribution in [3.05, 3.63) is 65.5 Å². The molecule has 3 N–H and O–H groups in total. The minimum atomic E-state index is -2.77. The van der Waals surface area contributed by atoms with E-state index in [2.05, 4.69) is 10.7 Å². The highest BCUT2D eigenvalue weighted by Crippen LogP contribution is 2.40. The van der Waals surface area contributed by atoms with E-state index in [0.29, 0.717) is 18.5 Å². The van der Waals surface area contributed by atoms with Crippen molar-refractivity contribution in [1.82, 2.24) is 20.7 Å². The van der Waals surface area contributed by atoms with Gasteiger partial charge in [-0.3, -0.25) is 15.0 Å². The van der Waals surface area contributed by atoms with Gasteiger partial charge in [0.1, 0.15) is 17.6 Å². The lowest BCUT2D eigenvalue weighted by Gasteiger charge is -2.38. The van der Waals surface area contributed by atoms with Crippen molar-refractivity contribution in [2.45, 2.75) is 63.6 Å². The van der Waals surface area contributed by atoms with E-state index in [9.17, 15) is 27.9 Å². The first-order valence-electron chi connectivity index (χ1n) is 13.5. The van der Waals surface area contributed by atoms with Crippen LogP contribution in [0.25, 0.3) is 0 Å². The number of halogens is 3. The Kier molecular flexibility index (Phi) is 9.17. The van der Waals surface area contributed by atoms with E-state index in [0.717, 1.165) is 5.56 Å². The number of alkyl halides is 2. The van der Waals surface area contributed by atoms with Gasteiger partial charge in [-0.1, -0.05) is 24.3 Å². The fraction of sp³-hybridized carbons (Fsp3) is 0.517. The molecule has 2 amide bonds. The second-order valence-electron chi connectivity index (χ2n) is 10.8. The number of carbonyl (C=O) groups excluding carboxylic acids is 2. The highest BCUT2D eigenvalue weighted by atomic mass is 19.3. The molecule has 2 aromatic rings. The number of amides is 2. The number of aryl methyl sites for hydroxylation is 1. The molecular formula is C29H37F3N4O3. The van der Waals surface area contributed by atoms with Gasteiger partial charge in [-0.2, -0.15) is 0 Å². The molecule has 4 unspecified atom stereocenters. The molecule has 0 aromatic heterocycles. The topological polar surface area (TPSA) is 84.9 Å². The number of rotatable bonds is 10. The van der Waals surface area contributed by atoms with Crippen LogP contribution in [0.5, 0.6) is 5.75 Å². The maximum absolute atomic E-state index is 14.1. The summed E-state index contributed by atoms with van der Waals surface area (Å²) >= 11 is 0. The van der Waals surface area contributed by atoms with Gasteiger partial charge in [0.2, 0.25) is 17.7 Å². The predicted molar refractivity (Wildman–Crippen MR) is 141 cm³/mol. The van der Waals surface area contributed by atoms with Crippen molar-refractivity contribution < 1.29 is 27.9 Å². The molecule has 2 aromatic carbocycles. The van der Waals surface area contributed by atoms with E-state index >= 15 is 0 Å². The molecule has 1 aliphatic carbocycles. The van der Waals surface area contributed by atoms with Gasteiger partial charge in [0.15, 0.2) is 0 Å². The fourth-order valence-electron chi connectivity index (χ4n) is 5.59. The Hall–Kier alpha value is -3.11. The van der Waals surface area contributed by atoms with E-state index in [1.54, 1.807) is 36.4 Å². The first-order chi connectivity index (χ1) is 18.5. The van der Waals surface area contributed by atoms with Crippen LogP contribution in [0.4, 0.5) is 13.2 Å². The summed E-state index contributed by atoms with van der Waals surface area (Å²) in [7, 11) is 1.87. The van der Waals surface area contributed by atoms with Crippen LogP contribution in [0.15, 0.2) is 48.5 Å². The number of hydrogen-bond acceptors (Lipinski definition) is 5. The maximum atomic E-state index is 14.1. The number of hydrazine groups is 1. The van der Waals surface area contributed by atoms with Crippen molar-refractivity contribution in [2.24, 2.45) is 11.8 Å². The molecule has 1 aliphatic heterocycles. The largest absolute Gasteiger partial charge is 0.508 e. The SMILES string of the molecule is CC1C(C(C(=O)NCc2ccc(F)cc2)N(CC2CCC(F)(F)C2)C(=O)CCc2ccc(O)cc2)CNN1C. The molecular weight excluding hydrogens is 509 g/mol. The third kappa shape index (κ3) is 7.51. The maximum Gasteiger partial charge on any atom is 0.248 e. The zero-order chi connectivity index (χ0) is 28.2. The molecule has 4 atom stereocenters. The number of nitrogens with one attached hydrogen (secondary N) is 2. The average Bonchev–Trinajstić information content (AvgIpc) is 3.42. The molecule has 0 bridgehead atoms. The summed E-state index contributed by atoms with van der Waals surface area (Å²) in [5.41, 5.74) is 4.78. The van der Waals surface area contributed by atoms with E-state index in [-0.39, 0.29) is 74.1 Å². The van der Waals surface area contributed by atoms with Gasteiger partial charge in [-0.25, -0.2) is 18.2 Å². The monoisotopic (exact) mass is 546 g/mol. The Labute approximate surface area is 227 Å². The summed E-state index contributed by atoms with van der Waals surface area (Å²) in [4.78, 5) is 29.1. The van der Waals surface area contributed by atoms with Gasteiger partial charge in [0.05, 0.1) is 0 Å². The molecule has 10 heteroatoms. The van der Waals surface area contributed by atoms with Gasteiger partial charge in [-0.15, -0.1) is 0 Å². The second-order valence-corrected chi connectivity index (χ2v) is 10.8. The molecule has 4 rings (SSSR count). The predicted octanol–water partition coefficient (Wildman–Crippen LogP) is 3.87. The lowest BCUT2D eigenvalue weighted by molar-refractivity contribution is -0.143.